The van der Waals surface area contributed by atoms with Crippen molar-refractivity contribution in [2.24, 2.45) is 0 Å². The van der Waals surface area contributed by atoms with Gasteiger partial charge < -0.3 is 10.4 Å². The average molecular weight is 260 g/mol. The molecule has 0 aliphatic carbocycles. The Labute approximate surface area is 91.9 Å². The Kier molecular flexibility index (Phi) is 4.82. The standard InChI is InChI=1S/C9H14BrN3O/c1-2-7(3-4-14)13-9-5-8(10)11-6-12-9/h5-7,14H,2-4H2,1H3,(H,11,12,13). The number of nitrogens with one attached hydrogen (secondary N) is 1. The van der Waals surface area contributed by atoms with E-state index in [-0.39, 0.29) is 12.6 Å². The van der Waals surface area contributed by atoms with Gasteiger partial charge >= 0.3 is 0 Å². The lowest BCUT2D eigenvalue weighted by molar-refractivity contribution is 0.278. The van der Waals surface area contributed by atoms with Crippen molar-refractivity contribution < 1.29 is 5.11 Å². The molecule has 14 heavy (non-hydrogen) atoms. The minimum atomic E-state index is 0.192. The Morgan fingerprint density at radius 3 is 2.93 bits per heavy atom. The molecule has 0 saturated carbocycles. The first kappa shape index (κ1) is 11.4. The van der Waals surface area contributed by atoms with Crippen LogP contribution in [0, 0.1) is 0 Å². The van der Waals surface area contributed by atoms with Crippen molar-refractivity contribution >= 4 is 21.7 Å². The summed E-state index contributed by atoms with van der Waals surface area (Å²) in [5.74, 6) is 0.784. The lowest BCUT2D eigenvalue weighted by Gasteiger charge is -2.15. The quantitative estimate of drug-likeness (QED) is 0.793. The average Bonchev–Trinajstić information content (AvgIpc) is 2.17. The Balaban J connectivity index is 2.57. The molecular weight excluding hydrogens is 246 g/mol. The van der Waals surface area contributed by atoms with Gasteiger partial charge in [-0.15, -0.1) is 0 Å². The summed E-state index contributed by atoms with van der Waals surface area (Å²) in [7, 11) is 0. The molecule has 0 spiro atoms. The summed E-state index contributed by atoms with van der Waals surface area (Å²) in [5, 5.41) is 12.0. The molecule has 0 bridgehead atoms. The third kappa shape index (κ3) is 3.59. The number of hydrogen-bond acceptors (Lipinski definition) is 4. The van der Waals surface area contributed by atoms with E-state index in [2.05, 4.69) is 38.1 Å². The van der Waals surface area contributed by atoms with Crippen LogP contribution < -0.4 is 5.32 Å². The van der Waals surface area contributed by atoms with Crippen LogP contribution in [-0.4, -0.2) is 27.7 Å². The van der Waals surface area contributed by atoms with Crippen LogP contribution in [0.3, 0.4) is 0 Å². The fraction of sp³-hybridized carbons (Fsp3) is 0.556. The van der Waals surface area contributed by atoms with Crippen LogP contribution in [0.5, 0.6) is 0 Å². The molecule has 0 aliphatic rings. The molecule has 4 nitrogen and oxygen atoms in total. The van der Waals surface area contributed by atoms with Crippen molar-refractivity contribution in [1.29, 1.82) is 0 Å². The second kappa shape index (κ2) is 5.93. The van der Waals surface area contributed by atoms with Gasteiger partial charge in [0.05, 0.1) is 0 Å². The molecule has 1 heterocycles. The van der Waals surface area contributed by atoms with E-state index in [0.29, 0.717) is 0 Å². The van der Waals surface area contributed by atoms with Gasteiger partial charge in [0.2, 0.25) is 0 Å². The number of anilines is 1. The molecule has 5 heteroatoms. The summed E-state index contributed by atoms with van der Waals surface area (Å²) < 4.78 is 0.758. The number of rotatable bonds is 5. The van der Waals surface area contributed by atoms with Crippen LogP contribution in [0.4, 0.5) is 5.82 Å². The molecule has 0 aromatic carbocycles. The SMILES string of the molecule is CCC(CCO)Nc1cc(Br)ncn1. The predicted octanol–water partition coefficient (Wildman–Crippen LogP) is 1.81. The van der Waals surface area contributed by atoms with E-state index in [0.717, 1.165) is 23.3 Å². The summed E-state index contributed by atoms with van der Waals surface area (Å²) in [6, 6.07) is 2.09. The first-order chi connectivity index (χ1) is 6.76. The van der Waals surface area contributed by atoms with Gasteiger partial charge in [0, 0.05) is 18.7 Å². The monoisotopic (exact) mass is 259 g/mol. The lowest BCUT2D eigenvalue weighted by atomic mass is 10.1. The van der Waals surface area contributed by atoms with Gasteiger partial charge in [-0.25, -0.2) is 9.97 Å². The maximum Gasteiger partial charge on any atom is 0.130 e. The molecule has 0 saturated heterocycles. The van der Waals surface area contributed by atoms with E-state index in [4.69, 9.17) is 5.11 Å². The van der Waals surface area contributed by atoms with Crippen molar-refractivity contribution in [2.45, 2.75) is 25.8 Å². The largest absolute Gasteiger partial charge is 0.396 e. The lowest BCUT2D eigenvalue weighted by Crippen LogP contribution is -2.20. The van der Waals surface area contributed by atoms with Gasteiger partial charge in [0.1, 0.15) is 16.7 Å². The minimum absolute atomic E-state index is 0.192. The van der Waals surface area contributed by atoms with Crippen molar-refractivity contribution in [3.8, 4) is 0 Å². The molecule has 0 fully saturated rings. The van der Waals surface area contributed by atoms with Crippen LogP contribution in [0.1, 0.15) is 19.8 Å². The van der Waals surface area contributed by atoms with Crippen LogP contribution >= 0.6 is 15.9 Å². The van der Waals surface area contributed by atoms with Gasteiger partial charge in [0.15, 0.2) is 0 Å². The summed E-state index contributed by atoms with van der Waals surface area (Å²) in [4.78, 5) is 8.01. The Morgan fingerprint density at radius 2 is 2.36 bits per heavy atom. The number of aliphatic hydroxyl groups is 1. The van der Waals surface area contributed by atoms with E-state index in [1.807, 2.05) is 6.07 Å². The van der Waals surface area contributed by atoms with Gasteiger partial charge in [-0.2, -0.15) is 0 Å². The molecule has 78 valence electrons. The highest BCUT2D eigenvalue weighted by atomic mass is 79.9. The summed E-state index contributed by atoms with van der Waals surface area (Å²) in [5.41, 5.74) is 0. The maximum absolute atomic E-state index is 8.82. The number of aromatic nitrogens is 2. The summed E-state index contributed by atoms with van der Waals surface area (Å²) in [6.07, 6.45) is 3.19. The molecule has 1 aromatic heterocycles. The van der Waals surface area contributed by atoms with Gasteiger partial charge in [-0.1, -0.05) is 6.92 Å². The van der Waals surface area contributed by atoms with Gasteiger partial charge in [-0.3, -0.25) is 0 Å². The number of halogens is 1. The molecule has 1 atom stereocenters. The maximum atomic E-state index is 8.82. The van der Waals surface area contributed by atoms with Gasteiger partial charge in [0.25, 0.3) is 0 Å². The van der Waals surface area contributed by atoms with E-state index in [1.54, 1.807) is 0 Å². The van der Waals surface area contributed by atoms with E-state index in [1.165, 1.54) is 6.33 Å². The molecule has 2 N–H and O–H groups in total. The molecule has 1 aromatic rings. The van der Waals surface area contributed by atoms with Crippen molar-refractivity contribution in [2.75, 3.05) is 11.9 Å². The fourth-order valence-corrected chi connectivity index (χ4v) is 1.46. The second-order valence-corrected chi connectivity index (χ2v) is 3.80. The zero-order chi connectivity index (χ0) is 10.4. The zero-order valence-corrected chi connectivity index (χ0v) is 9.66. The van der Waals surface area contributed by atoms with Crippen molar-refractivity contribution in [3.05, 3.63) is 17.0 Å². The normalized spacial score (nSPS) is 12.5. The smallest absolute Gasteiger partial charge is 0.130 e. The zero-order valence-electron chi connectivity index (χ0n) is 8.07. The number of hydrogen-bond donors (Lipinski definition) is 2. The van der Waals surface area contributed by atoms with Crippen LogP contribution in [0.2, 0.25) is 0 Å². The number of nitrogens with zero attached hydrogens (tertiary/aromatic N) is 2. The third-order valence-electron chi connectivity index (χ3n) is 1.96. The topological polar surface area (TPSA) is 58.0 Å². The third-order valence-corrected chi connectivity index (χ3v) is 2.39. The number of aliphatic hydroxyl groups excluding tert-OH is 1. The molecule has 0 amide bonds. The second-order valence-electron chi connectivity index (χ2n) is 2.99. The Hall–Kier alpha value is -0.680. The highest BCUT2D eigenvalue weighted by Crippen LogP contribution is 2.12. The fourth-order valence-electron chi connectivity index (χ4n) is 1.16. The highest BCUT2D eigenvalue weighted by molar-refractivity contribution is 9.10. The molecule has 1 unspecified atom stereocenters. The summed E-state index contributed by atoms with van der Waals surface area (Å²) in [6.45, 7) is 2.27. The van der Waals surface area contributed by atoms with Crippen LogP contribution in [0.25, 0.3) is 0 Å². The van der Waals surface area contributed by atoms with Crippen LogP contribution in [-0.2, 0) is 0 Å². The van der Waals surface area contributed by atoms with Gasteiger partial charge in [-0.05, 0) is 28.8 Å². The molecule has 0 aliphatic heterocycles. The molecular formula is C9H14BrN3O. The van der Waals surface area contributed by atoms with E-state index >= 15 is 0 Å². The summed E-state index contributed by atoms with van der Waals surface area (Å²) >= 11 is 3.27. The molecule has 1 rings (SSSR count). The first-order valence-electron chi connectivity index (χ1n) is 4.61. The minimum Gasteiger partial charge on any atom is -0.396 e. The highest BCUT2D eigenvalue weighted by Gasteiger charge is 2.05. The van der Waals surface area contributed by atoms with Crippen molar-refractivity contribution in [3.63, 3.8) is 0 Å². The Morgan fingerprint density at radius 1 is 1.57 bits per heavy atom. The first-order valence-corrected chi connectivity index (χ1v) is 5.40. The predicted molar refractivity (Wildman–Crippen MR) is 59.1 cm³/mol. The molecule has 0 radical (unpaired) electrons. The van der Waals surface area contributed by atoms with E-state index < -0.39 is 0 Å². The van der Waals surface area contributed by atoms with Crippen molar-refractivity contribution in [1.82, 2.24) is 9.97 Å². The van der Waals surface area contributed by atoms with Crippen LogP contribution in [0.15, 0.2) is 17.0 Å². The Bertz CT molecular complexity index is 283. The van der Waals surface area contributed by atoms with E-state index in [9.17, 15) is 0 Å².